The number of hydrogen-bond donors (Lipinski definition) is 1. The molecular formula is C21H15N3O5S. The molecule has 0 aliphatic carbocycles. The number of carbonyl (C=O) groups is 1. The summed E-state index contributed by atoms with van der Waals surface area (Å²) in [5.74, 6) is 0.549. The molecule has 0 spiro atoms. The van der Waals surface area contributed by atoms with Crippen LogP contribution in [-0.2, 0) is 11.2 Å². The fraction of sp³-hybridized carbons (Fsp3) is 0.0476. The van der Waals surface area contributed by atoms with Crippen LogP contribution < -0.4 is 10.3 Å². The van der Waals surface area contributed by atoms with E-state index in [1.54, 1.807) is 29.6 Å². The average Bonchev–Trinajstić information content (AvgIpc) is 3.36. The third-order valence-electron chi connectivity index (χ3n) is 4.36. The zero-order valence-corrected chi connectivity index (χ0v) is 16.3. The molecule has 9 heteroatoms. The number of carbonyl (C=O) groups excluding carboxylic acids is 1. The summed E-state index contributed by atoms with van der Waals surface area (Å²) in [5.41, 5.74) is 4.50. The maximum Gasteiger partial charge on any atom is 0.326 e. The van der Waals surface area contributed by atoms with Crippen molar-refractivity contribution < 1.29 is 14.1 Å². The van der Waals surface area contributed by atoms with Crippen LogP contribution in [0.4, 0.5) is 5.69 Å². The molecule has 0 saturated heterocycles. The van der Waals surface area contributed by atoms with Crippen molar-refractivity contribution in [1.82, 2.24) is 4.68 Å². The van der Waals surface area contributed by atoms with Crippen molar-refractivity contribution in [1.29, 1.82) is 0 Å². The van der Waals surface area contributed by atoms with E-state index in [9.17, 15) is 19.7 Å². The van der Waals surface area contributed by atoms with Crippen LogP contribution in [0.1, 0.15) is 5.56 Å². The smallest absolute Gasteiger partial charge is 0.326 e. The topological polar surface area (TPSA) is 107 Å². The minimum atomic E-state index is -0.473. The molecule has 2 aromatic heterocycles. The van der Waals surface area contributed by atoms with Gasteiger partial charge in [0.15, 0.2) is 5.76 Å². The van der Waals surface area contributed by atoms with Gasteiger partial charge in [0, 0.05) is 23.1 Å². The monoisotopic (exact) mass is 421 g/mol. The van der Waals surface area contributed by atoms with Crippen LogP contribution in [0.15, 0.2) is 81.3 Å². The predicted molar refractivity (Wildman–Crippen MR) is 113 cm³/mol. The summed E-state index contributed by atoms with van der Waals surface area (Å²) in [4.78, 5) is 34.6. The van der Waals surface area contributed by atoms with E-state index in [0.29, 0.717) is 22.8 Å². The first-order chi connectivity index (χ1) is 14.5. The van der Waals surface area contributed by atoms with Crippen molar-refractivity contribution in [2.45, 2.75) is 6.42 Å². The van der Waals surface area contributed by atoms with Crippen LogP contribution in [0.25, 0.3) is 22.8 Å². The molecule has 8 nitrogen and oxygen atoms in total. The zero-order valence-electron chi connectivity index (χ0n) is 15.5. The van der Waals surface area contributed by atoms with E-state index in [1.165, 1.54) is 12.1 Å². The maximum atomic E-state index is 12.4. The number of nitro groups is 1. The van der Waals surface area contributed by atoms with Gasteiger partial charge in [-0.3, -0.25) is 25.1 Å². The van der Waals surface area contributed by atoms with Crippen LogP contribution >= 0.6 is 11.3 Å². The molecule has 30 heavy (non-hydrogen) atoms. The van der Waals surface area contributed by atoms with Gasteiger partial charge in [0.05, 0.1) is 11.3 Å². The molecule has 0 bridgehead atoms. The molecule has 0 saturated carbocycles. The summed E-state index contributed by atoms with van der Waals surface area (Å²) in [5, 5.41) is 12.4. The molecule has 0 unspecified atom stereocenters. The highest BCUT2D eigenvalue weighted by Gasteiger charge is 2.16. The van der Waals surface area contributed by atoms with Crippen molar-refractivity contribution in [2.24, 2.45) is 0 Å². The van der Waals surface area contributed by atoms with E-state index in [2.05, 4.69) is 5.43 Å². The third kappa shape index (κ3) is 4.06. The number of non-ortho nitro benzene ring substituents is 1. The summed E-state index contributed by atoms with van der Waals surface area (Å²) in [7, 11) is 0. The van der Waals surface area contributed by atoms with Crippen LogP contribution in [0, 0.1) is 10.1 Å². The van der Waals surface area contributed by atoms with Gasteiger partial charge in [0.1, 0.15) is 11.5 Å². The molecule has 1 N–H and O–H groups in total. The first-order valence-electron chi connectivity index (χ1n) is 8.90. The third-order valence-corrected chi connectivity index (χ3v) is 5.09. The van der Waals surface area contributed by atoms with Crippen LogP contribution in [-0.4, -0.2) is 15.5 Å². The quantitative estimate of drug-likeness (QED) is 0.373. The van der Waals surface area contributed by atoms with Crippen LogP contribution in [0.2, 0.25) is 0 Å². The number of nitro benzene ring substituents is 1. The van der Waals surface area contributed by atoms with Crippen LogP contribution in [0.5, 0.6) is 0 Å². The Hall–Kier alpha value is -3.98. The Morgan fingerprint density at radius 2 is 1.73 bits per heavy atom. The van der Waals surface area contributed by atoms with Gasteiger partial charge < -0.3 is 4.42 Å². The van der Waals surface area contributed by atoms with Gasteiger partial charge in [0.2, 0.25) is 5.91 Å². The van der Waals surface area contributed by atoms with Crippen molar-refractivity contribution in [3.63, 3.8) is 0 Å². The molecule has 0 aliphatic rings. The Balaban J connectivity index is 1.56. The lowest BCUT2D eigenvalue weighted by Gasteiger charge is -2.08. The Morgan fingerprint density at radius 3 is 2.43 bits per heavy atom. The molecule has 1 amide bonds. The van der Waals surface area contributed by atoms with E-state index in [0.717, 1.165) is 21.6 Å². The molecule has 0 fully saturated rings. The molecule has 4 rings (SSSR count). The first-order valence-corrected chi connectivity index (χ1v) is 9.78. The largest absolute Gasteiger partial charge is 0.454 e. The second-order valence-electron chi connectivity index (χ2n) is 6.39. The van der Waals surface area contributed by atoms with Crippen LogP contribution in [0.3, 0.4) is 0 Å². The molecule has 150 valence electrons. The van der Waals surface area contributed by atoms with Gasteiger partial charge in [-0.15, -0.1) is 0 Å². The maximum absolute atomic E-state index is 12.4. The highest BCUT2D eigenvalue weighted by atomic mass is 32.1. The SMILES string of the molecule is O=C(Cc1ccccc1)Nn1c(-c2ccc(-c3ccc([N+](=O)[O-])cc3)o2)csc1=O. The second kappa shape index (κ2) is 8.18. The summed E-state index contributed by atoms with van der Waals surface area (Å²) in [6.07, 6.45) is 0.134. The fourth-order valence-corrected chi connectivity index (χ4v) is 3.59. The number of hydrogen-bond acceptors (Lipinski definition) is 6. The highest BCUT2D eigenvalue weighted by molar-refractivity contribution is 7.07. The van der Waals surface area contributed by atoms with E-state index >= 15 is 0 Å². The number of nitrogens with one attached hydrogen (secondary N) is 1. The summed E-state index contributed by atoms with van der Waals surface area (Å²) >= 11 is 0.942. The van der Waals surface area contributed by atoms with Crippen molar-refractivity contribution in [3.8, 4) is 22.8 Å². The lowest BCUT2D eigenvalue weighted by molar-refractivity contribution is -0.384. The average molecular weight is 421 g/mol. The number of amides is 1. The van der Waals surface area contributed by atoms with Gasteiger partial charge in [-0.2, -0.15) is 0 Å². The summed E-state index contributed by atoms with van der Waals surface area (Å²) in [6, 6.07) is 18.5. The van der Waals surface area contributed by atoms with Gasteiger partial charge >= 0.3 is 4.87 Å². The Kier molecular flexibility index (Phi) is 5.27. The Morgan fingerprint density at radius 1 is 1.03 bits per heavy atom. The normalized spacial score (nSPS) is 10.7. The van der Waals surface area contributed by atoms with Gasteiger partial charge in [-0.1, -0.05) is 41.7 Å². The molecule has 0 radical (unpaired) electrons. The minimum absolute atomic E-state index is 0.0154. The number of rotatable bonds is 6. The summed E-state index contributed by atoms with van der Waals surface area (Å²) < 4.78 is 7.00. The number of thiazole rings is 1. The summed E-state index contributed by atoms with van der Waals surface area (Å²) in [6.45, 7) is 0. The number of aromatic nitrogens is 1. The first kappa shape index (κ1) is 19.3. The highest BCUT2D eigenvalue weighted by Crippen LogP contribution is 2.29. The van der Waals surface area contributed by atoms with Gasteiger partial charge in [0.25, 0.3) is 5.69 Å². The van der Waals surface area contributed by atoms with Crippen molar-refractivity contribution in [3.05, 3.63) is 97.5 Å². The van der Waals surface area contributed by atoms with Gasteiger partial charge in [-0.25, -0.2) is 4.68 Å². The zero-order chi connectivity index (χ0) is 21.1. The lowest BCUT2D eigenvalue weighted by atomic mass is 10.1. The molecule has 0 atom stereocenters. The van der Waals surface area contributed by atoms with Gasteiger partial charge in [-0.05, 0) is 29.8 Å². The number of benzene rings is 2. The molecule has 4 aromatic rings. The van der Waals surface area contributed by atoms with Crippen molar-refractivity contribution >= 4 is 22.9 Å². The standard InChI is InChI=1S/C21H15N3O5S/c25-20(12-14-4-2-1-3-5-14)22-23-17(13-30-21(23)26)19-11-10-18(29-19)15-6-8-16(9-7-15)24(27)28/h1-11,13H,12H2,(H,22,25). The van der Waals surface area contributed by atoms with E-state index in [1.807, 2.05) is 30.3 Å². The molecule has 0 aliphatic heterocycles. The van der Waals surface area contributed by atoms with E-state index in [4.69, 9.17) is 4.42 Å². The fourth-order valence-electron chi connectivity index (χ4n) is 2.91. The lowest BCUT2D eigenvalue weighted by Crippen LogP contribution is -2.31. The Bertz CT molecular complexity index is 1260. The van der Waals surface area contributed by atoms with E-state index in [-0.39, 0.29) is 22.9 Å². The molecule has 2 aromatic carbocycles. The van der Waals surface area contributed by atoms with E-state index < -0.39 is 4.92 Å². The predicted octanol–water partition coefficient (Wildman–Crippen LogP) is 4.06. The number of furan rings is 1. The molecular weight excluding hydrogens is 406 g/mol. The molecule has 2 heterocycles. The second-order valence-corrected chi connectivity index (χ2v) is 7.21. The number of nitrogens with zero attached hydrogens (tertiary/aromatic N) is 2. The van der Waals surface area contributed by atoms with Crippen molar-refractivity contribution in [2.75, 3.05) is 5.43 Å². The Labute approximate surface area is 174 Å². The minimum Gasteiger partial charge on any atom is -0.454 e.